The number of nitrogens with zero attached hydrogens (tertiary/aromatic N) is 6. The van der Waals surface area contributed by atoms with Crippen LogP contribution in [0.3, 0.4) is 0 Å². The standard InChI is InChI=1S/C22H25ClN8O2/c1-13(32)30-10-14-5-16(6-15(14)11-30)27-21-19(23)9-25-22(29-21)28-17-7-26-31(12-17)18-3-4-20(33-2)24-8-18/h3-4,7-9,12,14-16H,5-6,10-11H2,1-2H3,(H2,25,27,28,29). The number of rotatable bonds is 6. The lowest BCUT2D eigenvalue weighted by molar-refractivity contribution is -0.128. The number of methoxy groups -OCH3 is 1. The number of aromatic nitrogens is 5. The first-order chi connectivity index (χ1) is 16.0. The molecule has 1 saturated heterocycles. The number of pyridine rings is 1. The molecule has 1 aliphatic heterocycles. The molecule has 10 nitrogen and oxygen atoms in total. The molecule has 11 heteroatoms. The Balaban J connectivity index is 1.23. The molecule has 0 aromatic carbocycles. The van der Waals surface area contributed by atoms with Crippen LogP contribution in [-0.4, -0.2) is 61.8 Å². The van der Waals surface area contributed by atoms with E-state index in [4.69, 9.17) is 16.3 Å². The van der Waals surface area contributed by atoms with Gasteiger partial charge in [0.05, 0.1) is 43.3 Å². The quantitative estimate of drug-likeness (QED) is 0.567. The van der Waals surface area contributed by atoms with Crippen molar-refractivity contribution in [3.8, 4) is 11.6 Å². The van der Waals surface area contributed by atoms with Gasteiger partial charge in [0, 0.05) is 32.1 Å². The number of likely N-dealkylation sites (tertiary alicyclic amines) is 1. The van der Waals surface area contributed by atoms with E-state index < -0.39 is 0 Å². The lowest BCUT2D eigenvalue weighted by Crippen LogP contribution is -2.29. The Labute approximate surface area is 196 Å². The molecule has 0 bridgehead atoms. The second-order valence-corrected chi connectivity index (χ2v) is 8.91. The fourth-order valence-electron chi connectivity index (χ4n) is 4.68. The first-order valence-electron chi connectivity index (χ1n) is 10.8. The Hall–Kier alpha value is -3.40. The molecule has 0 radical (unpaired) electrons. The third-order valence-corrected chi connectivity index (χ3v) is 6.59. The lowest BCUT2D eigenvalue weighted by atomic mass is 10.0. The summed E-state index contributed by atoms with van der Waals surface area (Å²) in [6.07, 6.45) is 8.79. The van der Waals surface area contributed by atoms with Gasteiger partial charge in [-0.3, -0.25) is 4.79 Å². The van der Waals surface area contributed by atoms with Crippen molar-refractivity contribution in [2.75, 3.05) is 30.8 Å². The molecule has 2 aliphatic rings. The summed E-state index contributed by atoms with van der Waals surface area (Å²) in [4.78, 5) is 26.7. The van der Waals surface area contributed by atoms with E-state index in [-0.39, 0.29) is 11.9 Å². The number of anilines is 3. The number of fused-ring (bicyclic) bond motifs is 1. The molecule has 2 unspecified atom stereocenters. The monoisotopic (exact) mass is 468 g/mol. The predicted octanol–water partition coefficient (Wildman–Crippen LogP) is 3.13. The van der Waals surface area contributed by atoms with Gasteiger partial charge in [-0.1, -0.05) is 11.6 Å². The Morgan fingerprint density at radius 2 is 1.94 bits per heavy atom. The molecule has 2 atom stereocenters. The topological polar surface area (TPSA) is 110 Å². The summed E-state index contributed by atoms with van der Waals surface area (Å²) in [5.74, 6) is 2.80. The zero-order valence-corrected chi connectivity index (χ0v) is 19.2. The van der Waals surface area contributed by atoms with E-state index in [1.54, 1.807) is 43.4 Å². The van der Waals surface area contributed by atoms with E-state index in [9.17, 15) is 4.79 Å². The van der Waals surface area contributed by atoms with Gasteiger partial charge in [-0.25, -0.2) is 14.6 Å². The maximum atomic E-state index is 11.6. The van der Waals surface area contributed by atoms with Gasteiger partial charge in [0.2, 0.25) is 17.7 Å². The average Bonchev–Trinajstić information content (AvgIpc) is 3.51. The van der Waals surface area contributed by atoms with Crippen molar-refractivity contribution in [3.63, 3.8) is 0 Å². The Bertz CT molecular complexity index is 1140. The molecule has 172 valence electrons. The Morgan fingerprint density at radius 3 is 2.61 bits per heavy atom. The van der Waals surface area contributed by atoms with Crippen LogP contribution < -0.4 is 15.4 Å². The smallest absolute Gasteiger partial charge is 0.229 e. The Kier molecular flexibility index (Phi) is 5.76. The van der Waals surface area contributed by atoms with E-state index in [0.717, 1.165) is 37.3 Å². The lowest BCUT2D eigenvalue weighted by Gasteiger charge is -2.19. The molecule has 0 spiro atoms. The number of amides is 1. The molecule has 2 N–H and O–H groups in total. The van der Waals surface area contributed by atoms with Crippen LogP contribution in [0.25, 0.3) is 5.69 Å². The van der Waals surface area contributed by atoms with Gasteiger partial charge in [-0.2, -0.15) is 10.1 Å². The van der Waals surface area contributed by atoms with E-state index in [1.807, 2.05) is 17.2 Å². The summed E-state index contributed by atoms with van der Waals surface area (Å²) in [6.45, 7) is 3.33. The number of nitrogens with one attached hydrogen (secondary N) is 2. The normalized spacial score (nSPS) is 21.7. The molecule has 3 aromatic heterocycles. The summed E-state index contributed by atoms with van der Waals surface area (Å²) in [6, 6.07) is 3.93. The van der Waals surface area contributed by atoms with Crippen LogP contribution in [0, 0.1) is 11.8 Å². The van der Waals surface area contributed by atoms with Crippen LogP contribution in [0.2, 0.25) is 5.02 Å². The first kappa shape index (κ1) is 21.4. The zero-order chi connectivity index (χ0) is 22.9. The zero-order valence-electron chi connectivity index (χ0n) is 18.4. The van der Waals surface area contributed by atoms with Crippen molar-refractivity contribution in [1.29, 1.82) is 0 Å². The number of ether oxygens (including phenoxy) is 1. The van der Waals surface area contributed by atoms with Crippen molar-refractivity contribution in [3.05, 3.63) is 41.9 Å². The summed E-state index contributed by atoms with van der Waals surface area (Å²) in [5, 5.41) is 11.5. The summed E-state index contributed by atoms with van der Waals surface area (Å²) in [5.41, 5.74) is 1.54. The Morgan fingerprint density at radius 1 is 1.15 bits per heavy atom. The van der Waals surface area contributed by atoms with E-state index >= 15 is 0 Å². The minimum atomic E-state index is 0.162. The number of carbonyl (C=O) groups excluding carboxylic acids is 1. The molecule has 33 heavy (non-hydrogen) atoms. The van der Waals surface area contributed by atoms with Crippen molar-refractivity contribution < 1.29 is 9.53 Å². The molecule has 4 heterocycles. The number of halogens is 1. The minimum absolute atomic E-state index is 0.162. The van der Waals surface area contributed by atoms with E-state index in [0.29, 0.717) is 34.5 Å². The number of hydrogen-bond acceptors (Lipinski definition) is 8. The molecule has 1 amide bonds. The van der Waals surface area contributed by atoms with Gasteiger partial charge in [-0.15, -0.1) is 0 Å². The molecular weight excluding hydrogens is 444 g/mol. The maximum Gasteiger partial charge on any atom is 0.229 e. The highest BCUT2D eigenvalue weighted by atomic mass is 35.5. The van der Waals surface area contributed by atoms with Crippen LogP contribution in [0.1, 0.15) is 19.8 Å². The van der Waals surface area contributed by atoms with Gasteiger partial charge < -0.3 is 20.3 Å². The maximum absolute atomic E-state index is 11.6. The molecule has 5 rings (SSSR count). The van der Waals surface area contributed by atoms with Crippen LogP contribution in [0.15, 0.2) is 36.9 Å². The fraction of sp³-hybridized carbons (Fsp3) is 0.409. The van der Waals surface area contributed by atoms with Crippen molar-refractivity contribution >= 4 is 35.0 Å². The van der Waals surface area contributed by atoms with Gasteiger partial charge >= 0.3 is 0 Å². The highest BCUT2D eigenvalue weighted by molar-refractivity contribution is 6.32. The minimum Gasteiger partial charge on any atom is -0.481 e. The van der Waals surface area contributed by atoms with Crippen LogP contribution in [0.5, 0.6) is 5.88 Å². The second-order valence-electron chi connectivity index (χ2n) is 8.50. The van der Waals surface area contributed by atoms with Crippen LogP contribution >= 0.6 is 11.6 Å². The molecular formula is C22H25ClN8O2. The third-order valence-electron chi connectivity index (χ3n) is 6.31. The van der Waals surface area contributed by atoms with Gasteiger partial charge in [-0.05, 0) is 30.7 Å². The molecule has 3 aromatic rings. The molecule has 2 fully saturated rings. The summed E-state index contributed by atoms with van der Waals surface area (Å²) >= 11 is 6.37. The van der Waals surface area contributed by atoms with Crippen LogP contribution in [-0.2, 0) is 4.79 Å². The summed E-state index contributed by atoms with van der Waals surface area (Å²) < 4.78 is 6.79. The molecule has 1 saturated carbocycles. The predicted molar refractivity (Wildman–Crippen MR) is 124 cm³/mol. The van der Waals surface area contributed by atoms with Gasteiger partial charge in [0.15, 0.2) is 5.82 Å². The van der Waals surface area contributed by atoms with Crippen LogP contribution in [0.4, 0.5) is 17.5 Å². The van der Waals surface area contributed by atoms with Gasteiger partial charge in [0.1, 0.15) is 5.02 Å². The summed E-state index contributed by atoms with van der Waals surface area (Å²) in [7, 11) is 1.58. The van der Waals surface area contributed by atoms with Gasteiger partial charge in [0.25, 0.3) is 0 Å². The largest absolute Gasteiger partial charge is 0.481 e. The number of carbonyl (C=O) groups is 1. The molecule has 1 aliphatic carbocycles. The fourth-order valence-corrected chi connectivity index (χ4v) is 4.83. The highest BCUT2D eigenvalue weighted by Gasteiger charge is 2.41. The first-order valence-corrected chi connectivity index (χ1v) is 11.2. The highest BCUT2D eigenvalue weighted by Crippen LogP contribution is 2.39. The number of hydrogen-bond donors (Lipinski definition) is 2. The van der Waals surface area contributed by atoms with E-state index in [2.05, 4.69) is 30.7 Å². The van der Waals surface area contributed by atoms with Crippen molar-refractivity contribution in [2.24, 2.45) is 11.8 Å². The van der Waals surface area contributed by atoms with Crippen molar-refractivity contribution in [2.45, 2.75) is 25.8 Å². The average molecular weight is 469 g/mol. The SMILES string of the molecule is COc1ccc(-n2cc(Nc3ncc(Cl)c(NC4CC5CN(C(C)=O)CC5C4)n3)cn2)cn1. The second kappa shape index (κ2) is 8.86. The van der Waals surface area contributed by atoms with E-state index in [1.165, 1.54) is 0 Å². The third kappa shape index (κ3) is 4.56. The van der Waals surface area contributed by atoms with Crippen molar-refractivity contribution in [1.82, 2.24) is 29.6 Å².